The molecular formula is C7H12N2O. The van der Waals surface area contributed by atoms with E-state index in [4.69, 9.17) is 0 Å². The molecule has 0 aromatic carbocycles. The largest absolute Gasteiger partial charge is 0.298 e. The van der Waals surface area contributed by atoms with Crippen molar-refractivity contribution >= 4 is 12.0 Å². The van der Waals surface area contributed by atoms with E-state index in [-0.39, 0.29) is 11.8 Å². The van der Waals surface area contributed by atoms with Crippen LogP contribution in [0.2, 0.25) is 0 Å². The van der Waals surface area contributed by atoms with Crippen molar-refractivity contribution < 1.29 is 4.79 Å². The fraction of sp³-hybridized carbons (Fsp3) is 0.714. The summed E-state index contributed by atoms with van der Waals surface area (Å²) < 4.78 is 0. The first-order chi connectivity index (χ1) is 4.72. The third kappa shape index (κ3) is 1.42. The van der Waals surface area contributed by atoms with Crippen LogP contribution in [0, 0.1) is 0 Å². The van der Waals surface area contributed by atoms with Gasteiger partial charge in [-0.2, -0.15) is 0 Å². The molecule has 0 aromatic rings. The Hall–Kier alpha value is -0.700. The molecule has 0 saturated heterocycles. The molecule has 0 spiro atoms. The molecule has 1 atom stereocenters. The van der Waals surface area contributed by atoms with Crippen molar-refractivity contribution in [3.63, 3.8) is 0 Å². The van der Waals surface area contributed by atoms with Gasteiger partial charge in [0.25, 0.3) is 0 Å². The van der Waals surface area contributed by atoms with Crippen LogP contribution < -0.4 is 0 Å². The van der Waals surface area contributed by atoms with Crippen LogP contribution in [0.3, 0.4) is 0 Å². The Bertz CT molecular complexity index is 165. The van der Waals surface area contributed by atoms with Gasteiger partial charge in [-0.15, -0.1) is 0 Å². The van der Waals surface area contributed by atoms with E-state index in [9.17, 15) is 4.79 Å². The Balaban J connectivity index is 2.59. The molecule has 0 fully saturated rings. The molecule has 0 N–H and O–H groups in total. The zero-order valence-corrected chi connectivity index (χ0v) is 6.37. The summed E-state index contributed by atoms with van der Waals surface area (Å²) in [4.78, 5) is 16.9. The molecule has 1 heterocycles. The van der Waals surface area contributed by atoms with Gasteiger partial charge < -0.3 is 0 Å². The van der Waals surface area contributed by atoms with E-state index in [1.807, 2.05) is 18.2 Å². The molecule has 1 aliphatic rings. The molecule has 0 amide bonds. The summed E-state index contributed by atoms with van der Waals surface area (Å²) in [5.74, 6) is 0.230. The molecule has 56 valence electrons. The van der Waals surface area contributed by atoms with Gasteiger partial charge in [0.15, 0.2) is 0 Å². The second-order valence-corrected chi connectivity index (χ2v) is 2.63. The highest BCUT2D eigenvalue weighted by atomic mass is 16.1. The maximum Gasteiger partial charge on any atom is 0.147 e. The molecule has 3 heteroatoms. The summed E-state index contributed by atoms with van der Waals surface area (Å²) >= 11 is 0. The number of carbonyl (C=O) groups is 1. The zero-order chi connectivity index (χ0) is 7.56. The number of rotatable bonds is 1. The number of hydrogen-bond acceptors (Lipinski definition) is 3. The van der Waals surface area contributed by atoms with Gasteiger partial charge in [0, 0.05) is 12.6 Å². The Morgan fingerprint density at radius 2 is 2.50 bits per heavy atom. The third-order valence-electron chi connectivity index (χ3n) is 1.76. The Morgan fingerprint density at radius 3 is 2.90 bits per heavy atom. The normalized spacial score (nSPS) is 26.8. The number of carbonyl (C=O) groups excluding carboxylic acids is 1. The highest BCUT2D eigenvalue weighted by Gasteiger charge is 2.19. The van der Waals surface area contributed by atoms with Crippen LogP contribution in [-0.2, 0) is 4.79 Å². The smallest absolute Gasteiger partial charge is 0.147 e. The molecular weight excluding hydrogens is 128 g/mol. The molecule has 0 aliphatic carbocycles. The monoisotopic (exact) mass is 140 g/mol. The summed E-state index contributed by atoms with van der Waals surface area (Å²) in [5, 5.41) is 0. The van der Waals surface area contributed by atoms with Gasteiger partial charge in [-0.05, 0) is 14.0 Å². The van der Waals surface area contributed by atoms with Crippen molar-refractivity contribution in [2.45, 2.75) is 19.4 Å². The maximum absolute atomic E-state index is 10.9. The molecule has 0 bridgehead atoms. The highest BCUT2D eigenvalue weighted by molar-refractivity contribution is 5.84. The minimum atomic E-state index is 0.0671. The average molecular weight is 140 g/mol. The van der Waals surface area contributed by atoms with Gasteiger partial charge in [-0.25, -0.2) is 0 Å². The number of Topliss-reactive ketones (excluding diaryl/α,β-unsaturated/α-hetero) is 1. The first kappa shape index (κ1) is 7.41. The fourth-order valence-corrected chi connectivity index (χ4v) is 1.12. The standard InChI is InChI=1S/C7H12N2O/c1-6(10)7-3-4-8-5-9(7)2/h4,7H,3,5H2,1-2H3. The van der Waals surface area contributed by atoms with E-state index in [1.165, 1.54) is 0 Å². The first-order valence-corrected chi connectivity index (χ1v) is 3.41. The van der Waals surface area contributed by atoms with Crippen molar-refractivity contribution in [1.82, 2.24) is 4.90 Å². The Labute approximate surface area is 60.7 Å². The summed E-state index contributed by atoms with van der Waals surface area (Å²) in [7, 11) is 1.92. The van der Waals surface area contributed by atoms with Gasteiger partial charge in [0.1, 0.15) is 5.78 Å². The van der Waals surface area contributed by atoms with Crippen LogP contribution in [-0.4, -0.2) is 36.7 Å². The van der Waals surface area contributed by atoms with Gasteiger partial charge in [-0.3, -0.25) is 14.7 Å². The molecule has 0 radical (unpaired) electrons. The van der Waals surface area contributed by atoms with Crippen molar-refractivity contribution in [3.05, 3.63) is 0 Å². The lowest BCUT2D eigenvalue weighted by molar-refractivity contribution is -0.121. The number of nitrogens with zero attached hydrogens (tertiary/aromatic N) is 2. The lowest BCUT2D eigenvalue weighted by atomic mass is 10.1. The van der Waals surface area contributed by atoms with E-state index < -0.39 is 0 Å². The molecule has 10 heavy (non-hydrogen) atoms. The quantitative estimate of drug-likeness (QED) is 0.525. The van der Waals surface area contributed by atoms with Crippen LogP contribution in [0.1, 0.15) is 13.3 Å². The second-order valence-electron chi connectivity index (χ2n) is 2.63. The van der Waals surface area contributed by atoms with Crippen LogP contribution in [0.5, 0.6) is 0 Å². The second kappa shape index (κ2) is 2.92. The molecule has 1 rings (SSSR count). The predicted octanol–water partition coefficient (Wildman–Crippen LogP) is 0.308. The SMILES string of the molecule is CC(=O)C1CC=NCN1C. The summed E-state index contributed by atoms with van der Waals surface area (Å²) in [5.41, 5.74) is 0. The van der Waals surface area contributed by atoms with E-state index in [0.29, 0.717) is 6.67 Å². The zero-order valence-electron chi connectivity index (χ0n) is 6.37. The predicted molar refractivity (Wildman–Crippen MR) is 40.2 cm³/mol. The van der Waals surface area contributed by atoms with E-state index in [2.05, 4.69) is 4.99 Å². The van der Waals surface area contributed by atoms with E-state index >= 15 is 0 Å². The average Bonchev–Trinajstić information content (AvgIpc) is 1.88. The number of hydrogen-bond donors (Lipinski definition) is 0. The summed E-state index contributed by atoms with van der Waals surface area (Å²) in [6.07, 6.45) is 2.60. The number of likely N-dealkylation sites (N-methyl/N-ethyl adjacent to an activating group) is 1. The maximum atomic E-state index is 10.9. The molecule has 0 aromatic heterocycles. The third-order valence-corrected chi connectivity index (χ3v) is 1.76. The fourth-order valence-electron chi connectivity index (χ4n) is 1.12. The van der Waals surface area contributed by atoms with Crippen molar-refractivity contribution in [3.8, 4) is 0 Å². The summed E-state index contributed by atoms with van der Waals surface area (Å²) in [6.45, 7) is 2.28. The number of ketones is 1. The lowest BCUT2D eigenvalue weighted by Gasteiger charge is -2.25. The minimum absolute atomic E-state index is 0.0671. The Kier molecular flexibility index (Phi) is 2.17. The van der Waals surface area contributed by atoms with E-state index in [1.54, 1.807) is 6.92 Å². The topological polar surface area (TPSA) is 32.7 Å². The molecule has 0 saturated carbocycles. The van der Waals surface area contributed by atoms with Crippen molar-refractivity contribution in [1.29, 1.82) is 0 Å². The van der Waals surface area contributed by atoms with Crippen LogP contribution in [0.25, 0.3) is 0 Å². The van der Waals surface area contributed by atoms with Gasteiger partial charge in [0.05, 0.1) is 12.7 Å². The van der Waals surface area contributed by atoms with Crippen molar-refractivity contribution in [2.24, 2.45) is 4.99 Å². The first-order valence-electron chi connectivity index (χ1n) is 3.41. The molecule has 1 unspecified atom stereocenters. The molecule has 3 nitrogen and oxygen atoms in total. The summed E-state index contributed by atoms with van der Waals surface area (Å²) in [6, 6.07) is 0.0671. The molecule has 1 aliphatic heterocycles. The van der Waals surface area contributed by atoms with Crippen LogP contribution in [0.15, 0.2) is 4.99 Å². The van der Waals surface area contributed by atoms with Gasteiger partial charge in [0.2, 0.25) is 0 Å². The number of aliphatic imine (C=N–C) groups is 1. The van der Waals surface area contributed by atoms with Crippen LogP contribution in [0.4, 0.5) is 0 Å². The highest BCUT2D eigenvalue weighted by Crippen LogP contribution is 2.05. The Morgan fingerprint density at radius 1 is 1.80 bits per heavy atom. The van der Waals surface area contributed by atoms with Gasteiger partial charge in [-0.1, -0.05) is 0 Å². The lowest BCUT2D eigenvalue weighted by Crippen LogP contribution is -2.40. The van der Waals surface area contributed by atoms with Gasteiger partial charge >= 0.3 is 0 Å². The minimum Gasteiger partial charge on any atom is -0.298 e. The van der Waals surface area contributed by atoms with Crippen molar-refractivity contribution in [2.75, 3.05) is 13.7 Å². The van der Waals surface area contributed by atoms with Crippen LogP contribution >= 0.6 is 0 Å². The van der Waals surface area contributed by atoms with E-state index in [0.717, 1.165) is 6.42 Å².